The van der Waals surface area contributed by atoms with Crippen LogP contribution in [0.3, 0.4) is 0 Å². The number of piperidine rings is 1. The second-order valence-corrected chi connectivity index (χ2v) is 9.69. The van der Waals surface area contributed by atoms with E-state index in [4.69, 9.17) is 27.6 Å². The number of fused-ring (bicyclic) bond motifs is 1. The number of carboxylic acids is 1. The van der Waals surface area contributed by atoms with Crippen molar-refractivity contribution in [2.45, 2.75) is 25.6 Å². The van der Waals surface area contributed by atoms with Crippen LogP contribution in [-0.2, 0) is 12.6 Å². The number of carbonyl (C=O) groups is 2. The molecule has 1 saturated carbocycles. The summed E-state index contributed by atoms with van der Waals surface area (Å²) in [6, 6.07) is 4.63. The largest absolute Gasteiger partial charge is 0.475 e. The molecule has 1 saturated heterocycles. The van der Waals surface area contributed by atoms with Crippen molar-refractivity contribution in [1.29, 1.82) is 0 Å². The Hall–Kier alpha value is -3.18. The summed E-state index contributed by atoms with van der Waals surface area (Å²) in [6.07, 6.45) is -4.65. The molecule has 13 heteroatoms. The van der Waals surface area contributed by atoms with Crippen LogP contribution in [0, 0.1) is 18.8 Å². The van der Waals surface area contributed by atoms with E-state index in [-0.39, 0.29) is 58.2 Å². The number of aromatic carboxylic acids is 1. The first-order valence-electron chi connectivity index (χ1n) is 10.9. The number of nitrogens with one attached hydrogen (secondary N) is 2. The van der Waals surface area contributed by atoms with E-state index in [1.165, 1.54) is 12.1 Å². The number of alkyl halides is 3. The van der Waals surface area contributed by atoms with E-state index >= 15 is 0 Å². The van der Waals surface area contributed by atoms with E-state index in [9.17, 15) is 27.9 Å². The average Bonchev–Trinajstić information content (AvgIpc) is 3.18. The third-order valence-electron chi connectivity index (χ3n) is 6.55. The Morgan fingerprint density at radius 1 is 1.25 bits per heavy atom. The summed E-state index contributed by atoms with van der Waals surface area (Å²) in [5, 5.41) is 12.9. The molecule has 2 aliphatic rings. The molecule has 0 radical (unpaired) electrons. The van der Waals surface area contributed by atoms with E-state index in [1.807, 2.05) is 0 Å². The molecule has 8 nitrogen and oxygen atoms in total. The number of benzene rings is 1. The predicted molar refractivity (Wildman–Crippen MR) is 124 cm³/mol. The molecule has 1 aliphatic carbocycles. The Balaban J connectivity index is 1.26. The summed E-state index contributed by atoms with van der Waals surface area (Å²) < 4.78 is 44.6. The highest BCUT2D eigenvalue weighted by Gasteiger charge is 2.57. The first-order chi connectivity index (χ1) is 16.9. The topological polar surface area (TPSA) is 111 Å². The Bertz CT molecular complexity index is 1360. The number of carboxylic acid groups (broad SMARTS) is 1. The predicted octanol–water partition coefficient (Wildman–Crippen LogP) is 4.79. The normalized spacial score (nSPS) is 20.9. The van der Waals surface area contributed by atoms with E-state index < -0.39 is 23.5 Å². The van der Waals surface area contributed by atoms with Crippen LogP contribution < -0.4 is 10.2 Å². The van der Waals surface area contributed by atoms with Gasteiger partial charge in [0.1, 0.15) is 11.4 Å². The maximum atomic E-state index is 13.0. The van der Waals surface area contributed by atoms with Crippen LogP contribution in [0.2, 0.25) is 10.0 Å². The number of aryl methyl sites for hydroxylation is 1. The zero-order valence-corrected chi connectivity index (χ0v) is 20.1. The van der Waals surface area contributed by atoms with E-state index in [0.29, 0.717) is 23.8 Å². The summed E-state index contributed by atoms with van der Waals surface area (Å²) >= 11 is 12.1. The first-order valence-corrected chi connectivity index (χ1v) is 11.7. The lowest BCUT2D eigenvalue weighted by atomic mass is 10.1. The van der Waals surface area contributed by atoms with E-state index in [2.05, 4.69) is 15.3 Å². The van der Waals surface area contributed by atoms with Gasteiger partial charge in [-0.15, -0.1) is 0 Å². The summed E-state index contributed by atoms with van der Waals surface area (Å²) in [5.41, 5.74) is 0.256. The molecule has 3 N–H and O–H groups in total. The Labute approximate surface area is 212 Å². The number of hydrogen-bond donors (Lipinski definition) is 3. The number of halogens is 5. The van der Waals surface area contributed by atoms with Crippen molar-refractivity contribution in [2.75, 3.05) is 18.0 Å². The molecule has 3 atom stereocenters. The molecular weight excluding hydrogens is 524 g/mol. The van der Waals surface area contributed by atoms with Gasteiger partial charge in [0.2, 0.25) is 5.76 Å². The summed E-state index contributed by atoms with van der Waals surface area (Å²) in [7, 11) is 0. The van der Waals surface area contributed by atoms with Crippen LogP contribution in [0.25, 0.3) is 0 Å². The van der Waals surface area contributed by atoms with Crippen LogP contribution in [0.4, 0.5) is 19.2 Å². The lowest BCUT2D eigenvalue weighted by Crippen LogP contribution is -2.35. The monoisotopic (exact) mass is 542 g/mol. The molecule has 190 valence electrons. The number of nitrogens with zero attached hydrogens (tertiary/aromatic N) is 2. The minimum Gasteiger partial charge on any atom is -0.475 e. The maximum absolute atomic E-state index is 13.0. The van der Waals surface area contributed by atoms with Gasteiger partial charge in [0.25, 0.3) is 11.9 Å². The number of carbonyl (C=O) groups excluding carboxylic acids is 1. The molecule has 0 bridgehead atoms. The van der Waals surface area contributed by atoms with Crippen molar-refractivity contribution in [2.24, 2.45) is 11.8 Å². The second-order valence-electron chi connectivity index (χ2n) is 8.94. The molecule has 36 heavy (non-hydrogen) atoms. The minimum atomic E-state index is -4.51. The highest BCUT2D eigenvalue weighted by Crippen LogP contribution is 2.47. The fourth-order valence-electron chi connectivity index (χ4n) is 4.66. The Morgan fingerprint density at radius 2 is 1.94 bits per heavy atom. The molecular formula is C23H19Cl2F3N4O4. The van der Waals surface area contributed by atoms with Crippen molar-refractivity contribution in [3.8, 4) is 0 Å². The van der Waals surface area contributed by atoms with Crippen LogP contribution in [0.15, 0.2) is 28.7 Å². The lowest BCUT2D eigenvalue weighted by molar-refractivity contribution is -0.137. The minimum absolute atomic E-state index is 0.0379. The molecule has 3 aromatic rings. The second kappa shape index (κ2) is 8.74. The van der Waals surface area contributed by atoms with Crippen LogP contribution in [0.1, 0.15) is 43.6 Å². The van der Waals surface area contributed by atoms with Gasteiger partial charge in [-0.25, -0.2) is 4.79 Å². The zero-order valence-electron chi connectivity index (χ0n) is 18.6. The Kier molecular flexibility index (Phi) is 5.95. The molecule has 2 fully saturated rings. The standard InChI is InChI=1S/C23H19Cl2F3N4O4/c1-9-15(24)16(25)18(29-9)20(33)31-17-12-7-32(8-13(12)17)22-30-14(19(36-22)21(34)35)6-10-3-2-4-11(5-10)23(26,27)28/h2-5,12-13,17,29H,6-8H2,1H3,(H,31,33)(H,34,35)/t12-,13+,17-. The van der Waals surface area contributed by atoms with Gasteiger partial charge in [-0.3, -0.25) is 4.79 Å². The molecule has 3 heterocycles. The third kappa shape index (κ3) is 4.41. The van der Waals surface area contributed by atoms with Gasteiger partial charge < -0.3 is 24.7 Å². The number of aromatic nitrogens is 2. The number of rotatable bonds is 6. The average molecular weight is 543 g/mol. The van der Waals surface area contributed by atoms with E-state index in [1.54, 1.807) is 11.8 Å². The highest BCUT2D eigenvalue weighted by atomic mass is 35.5. The van der Waals surface area contributed by atoms with Crippen LogP contribution in [0.5, 0.6) is 0 Å². The first kappa shape index (κ1) is 24.5. The fraction of sp³-hybridized carbons (Fsp3) is 0.348. The van der Waals surface area contributed by atoms with Gasteiger partial charge in [0, 0.05) is 43.1 Å². The SMILES string of the molecule is Cc1[nH]c(C(=O)N[C@@H]2[C@@H]3CN(c4nc(Cc5cccc(C(F)(F)F)c5)c(C(=O)O)o4)C[C@@H]32)c(Cl)c1Cl. The van der Waals surface area contributed by atoms with Crippen molar-refractivity contribution in [3.63, 3.8) is 0 Å². The molecule has 0 spiro atoms. The molecule has 1 amide bonds. The van der Waals surface area contributed by atoms with Crippen molar-refractivity contribution in [3.05, 3.63) is 68.3 Å². The van der Waals surface area contributed by atoms with Crippen molar-refractivity contribution < 1.29 is 32.3 Å². The lowest BCUT2D eigenvalue weighted by Gasteiger charge is -2.17. The number of oxazole rings is 1. The fourth-order valence-corrected chi connectivity index (χ4v) is 5.08. The van der Waals surface area contributed by atoms with Crippen LogP contribution >= 0.6 is 23.2 Å². The van der Waals surface area contributed by atoms with Crippen LogP contribution in [-0.4, -0.2) is 46.1 Å². The van der Waals surface area contributed by atoms with Gasteiger partial charge in [-0.05, 0) is 18.6 Å². The quantitative estimate of drug-likeness (QED) is 0.413. The zero-order chi connectivity index (χ0) is 25.9. The molecule has 5 rings (SSSR count). The molecule has 1 aromatic carbocycles. The molecule has 1 aliphatic heterocycles. The number of hydrogen-bond acceptors (Lipinski definition) is 5. The number of H-pyrrole nitrogens is 1. The smallest absolute Gasteiger partial charge is 0.416 e. The highest BCUT2D eigenvalue weighted by molar-refractivity contribution is 6.44. The van der Waals surface area contributed by atoms with Gasteiger partial charge in [0.15, 0.2) is 0 Å². The van der Waals surface area contributed by atoms with E-state index in [0.717, 1.165) is 12.1 Å². The number of anilines is 1. The summed E-state index contributed by atoms with van der Waals surface area (Å²) in [6.45, 7) is 2.64. The van der Waals surface area contributed by atoms with Crippen molar-refractivity contribution >= 4 is 41.1 Å². The summed E-state index contributed by atoms with van der Waals surface area (Å²) in [5.74, 6) is -1.94. The van der Waals surface area contributed by atoms with Gasteiger partial charge in [-0.1, -0.05) is 41.4 Å². The van der Waals surface area contributed by atoms with Gasteiger partial charge in [-0.2, -0.15) is 18.2 Å². The number of aromatic amines is 1. The molecule has 2 aromatic heterocycles. The number of amides is 1. The van der Waals surface area contributed by atoms with Gasteiger partial charge in [0.05, 0.1) is 15.6 Å². The maximum Gasteiger partial charge on any atom is 0.416 e. The molecule has 0 unspecified atom stereocenters. The van der Waals surface area contributed by atoms with Gasteiger partial charge >= 0.3 is 12.1 Å². The summed E-state index contributed by atoms with van der Waals surface area (Å²) in [4.78, 5) is 33.2. The third-order valence-corrected chi connectivity index (χ3v) is 7.50. The van der Waals surface area contributed by atoms with Crippen molar-refractivity contribution in [1.82, 2.24) is 15.3 Å². The Morgan fingerprint density at radius 3 is 2.53 bits per heavy atom.